The Morgan fingerprint density at radius 2 is 2.44 bits per heavy atom. The summed E-state index contributed by atoms with van der Waals surface area (Å²) in [7, 11) is 1.66. The quantitative estimate of drug-likeness (QED) is 0.921. The Labute approximate surface area is 114 Å². The van der Waals surface area contributed by atoms with Crippen molar-refractivity contribution in [2.24, 2.45) is 0 Å². The number of fused-ring (bicyclic) bond motifs is 1. The van der Waals surface area contributed by atoms with Gasteiger partial charge >= 0.3 is 0 Å². The van der Waals surface area contributed by atoms with Gasteiger partial charge in [0.15, 0.2) is 5.65 Å². The van der Waals surface area contributed by atoms with Crippen molar-refractivity contribution in [3.63, 3.8) is 0 Å². The van der Waals surface area contributed by atoms with E-state index in [-0.39, 0.29) is 0 Å². The van der Waals surface area contributed by atoms with Gasteiger partial charge in [-0.1, -0.05) is 0 Å². The molecule has 2 aromatic rings. The van der Waals surface area contributed by atoms with E-state index in [2.05, 4.69) is 26.3 Å². The van der Waals surface area contributed by atoms with Crippen LogP contribution in [0.2, 0.25) is 0 Å². The Morgan fingerprint density at radius 1 is 1.56 bits per heavy atom. The molecule has 5 nitrogen and oxygen atoms in total. The third-order valence-electron chi connectivity index (χ3n) is 3.34. The maximum Gasteiger partial charge on any atom is 0.218 e. The van der Waals surface area contributed by atoms with Crippen LogP contribution in [-0.2, 0) is 0 Å². The minimum atomic E-state index is 0.458. The molecular weight excluding hydrogens is 296 g/mol. The molecule has 1 N–H and O–H groups in total. The summed E-state index contributed by atoms with van der Waals surface area (Å²) in [5.74, 6) is 1.19. The molecule has 0 aromatic carbocycles. The normalized spacial score (nSPS) is 20.2. The Bertz CT molecular complexity index is 562. The first-order valence-electron chi connectivity index (χ1n) is 6.08. The van der Waals surface area contributed by atoms with Gasteiger partial charge in [0, 0.05) is 18.5 Å². The van der Waals surface area contributed by atoms with Crippen LogP contribution >= 0.6 is 15.9 Å². The Kier molecular flexibility index (Phi) is 3.22. The molecule has 0 bridgehead atoms. The lowest BCUT2D eigenvalue weighted by Crippen LogP contribution is -2.29. The minimum absolute atomic E-state index is 0.458. The van der Waals surface area contributed by atoms with E-state index in [9.17, 15) is 0 Å². The predicted molar refractivity (Wildman–Crippen MR) is 72.1 cm³/mol. The molecule has 3 heterocycles. The van der Waals surface area contributed by atoms with E-state index in [1.54, 1.807) is 17.8 Å². The molecule has 1 saturated heterocycles. The van der Waals surface area contributed by atoms with Crippen molar-refractivity contribution in [1.82, 2.24) is 19.9 Å². The second-order valence-electron chi connectivity index (χ2n) is 4.49. The second kappa shape index (κ2) is 4.85. The highest BCUT2D eigenvalue weighted by Crippen LogP contribution is 2.27. The number of rotatable bonds is 2. The molecule has 2 aromatic heterocycles. The molecule has 0 aliphatic carbocycles. The molecule has 1 fully saturated rings. The lowest BCUT2D eigenvalue weighted by molar-refractivity contribution is 0.381. The van der Waals surface area contributed by atoms with Gasteiger partial charge in [-0.05, 0) is 35.3 Å². The van der Waals surface area contributed by atoms with Gasteiger partial charge in [0.25, 0.3) is 0 Å². The van der Waals surface area contributed by atoms with Crippen molar-refractivity contribution >= 4 is 21.6 Å². The van der Waals surface area contributed by atoms with Crippen LogP contribution in [0.1, 0.15) is 24.5 Å². The van der Waals surface area contributed by atoms with Crippen LogP contribution in [0, 0.1) is 0 Å². The first kappa shape index (κ1) is 11.9. The molecule has 0 saturated carbocycles. The third-order valence-corrected chi connectivity index (χ3v) is 3.90. The van der Waals surface area contributed by atoms with E-state index in [1.807, 2.05) is 6.07 Å². The van der Waals surface area contributed by atoms with Gasteiger partial charge in [-0.15, -0.1) is 0 Å². The number of piperidine rings is 1. The van der Waals surface area contributed by atoms with Gasteiger partial charge in [0.1, 0.15) is 0 Å². The van der Waals surface area contributed by atoms with Crippen molar-refractivity contribution in [2.75, 3.05) is 20.2 Å². The average Bonchev–Trinajstić information content (AvgIpc) is 2.81. The fourth-order valence-corrected chi connectivity index (χ4v) is 2.73. The van der Waals surface area contributed by atoms with E-state index in [0.717, 1.165) is 34.8 Å². The van der Waals surface area contributed by atoms with Crippen LogP contribution in [-0.4, -0.2) is 34.8 Å². The summed E-state index contributed by atoms with van der Waals surface area (Å²) in [6.45, 7) is 2.09. The van der Waals surface area contributed by atoms with E-state index >= 15 is 0 Å². The Morgan fingerprint density at radius 3 is 3.17 bits per heavy atom. The first-order chi connectivity index (χ1) is 8.79. The van der Waals surface area contributed by atoms with Crippen LogP contribution in [0.3, 0.4) is 0 Å². The number of hydrogen-bond donors (Lipinski definition) is 1. The standard InChI is InChI=1S/C12H15BrN4O/c1-18-11-5-10(8-3-2-4-14-6-8)16-12-9(13)7-15-17(11)12/h5,7-8,14H,2-4,6H2,1H3. The maximum absolute atomic E-state index is 5.39. The summed E-state index contributed by atoms with van der Waals surface area (Å²) in [5, 5.41) is 7.65. The zero-order chi connectivity index (χ0) is 12.5. The second-order valence-corrected chi connectivity index (χ2v) is 5.35. The predicted octanol–water partition coefficient (Wildman–Crippen LogP) is 1.97. The minimum Gasteiger partial charge on any atom is -0.481 e. The molecule has 6 heteroatoms. The van der Waals surface area contributed by atoms with E-state index in [4.69, 9.17) is 9.72 Å². The topological polar surface area (TPSA) is 51.5 Å². The summed E-state index contributed by atoms with van der Waals surface area (Å²) in [4.78, 5) is 4.70. The summed E-state index contributed by atoms with van der Waals surface area (Å²) in [6.07, 6.45) is 4.11. The van der Waals surface area contributed by atoms with E-state index < -0.39 is 0 Å². The molecule has 1 aliphatic heterocycles. The van der Waals surface area contributed by atoms with Crippen molar-refractivity contribution in [1.29, 1.82) is 0 Å². The van der Waals surface area contributed by atoms with Crippen molar-refractivity contribution in [2.45, 2.75) is 18.8 Å². The average molecular weight is 311 g/mol. The molecule has 1 aliphatic rings. The van der Waals surface area contributed by atoms with Crippen LogP contribution in [0.5, 0.6) is 5.88 Å². The SMILES string of the molecule is COc1cc(C2CCCNC2)nc2c(Br)cnn12. The van der Waals surface area contributed by atoms with Gasteiger partial charge in [-0.2, -0.15) is 9.61 Å². The zero-order valence-corrected chi connectivity index (χ0v) is 11.8. The summed E-state index contributed by atoms with van der Waals surface area (Å²) in [6, 6.07) is 1.99. The smallest absolute Gasteiger partial charge is 0.218 e. The number of nitrogens with one attached hydrogen (secondary N) is 1. The fourth-order valence-electron chi connectivity index (χ4n) is 2.39. The molecule has 0 radical (unpaired) electrons. The summed E-state index contributed by atoms with van der Waals surface area (Å²) in [5.41, 5.74) is 1.89. The highest BCUT2D eigenvalue weighted by atomic mass is 79.9. The van der Waals surface area contributed by atoms with Crippen LogP contribution in [0.25, 0.3) is 5.65 Å². The summed E-state index contributed by atoms with van der Waals surface area (Å²) >= 11 is 3.47. The molecular formula is C12H15BrN4O. The molecule has 1 unspecified atom stereocenters. The molecule has 3 rings (SSSR count). The van der Waals surface area contributed by atoms with E-state index in [0.29, 0.717) is 5.92 Å². The Hall–Kier alpha value is -1.14. The Balaban J connectivity index is 2.08. The van der Waals surface area contributed by atoms with Gasteiger partial charge in [-0.25, -0.2) is 4.98 Å². The van der Waals surface area contributed by atoms with Gasteiger partial charge in [-0.3, -0.25) is 0 Å². The molecule has 0 amide bonds. The van der Waals surface area contributed by atoms with Gasteiger partial charge in [0.05, 0.1) is 23.5 Å². The molecule has 0 spiro atoms. The number of ether oxygens (including phenoxy) is 1. The van der Waals surface area contributed by atoms with Crippen molar-refractivity contribution in [3.8, 4) is 5.88 Å². The van der Waals surface area contributed by atoms with Crippen molar-refractivity contribution in [3.05, 3.63) is 22.4 Å². The summed E-state index contributed by atoms with van der Waals surface area (Å²) < 4.78 is 8.00. The lowest BCUT2D eigenvalue weighted by atomic mass is 9.96. The number of nitrogens with zero attached hydrogens (tertiary/aromatic N) is 3. The third kappa shape index (κ3) is 1.99. The molecule has 1 atom stereocenters. The number of methoxy groups -OCH3 is 1. The lowest BCUT2D eigenvalue weighted by Gasteiger charge is -2.22. The van der Waals surface area contributed by atoms with E-state index in [1.165, 1.54) is 12.8 Å². The zero-order valence-electron chi connectivity index (χ0n) is 10.2. The van der Waals surface area contributed by atoms with Gasteiger partial charge < -0.3 is 10.1 Å². The monoisotopic (exact) mass is 310 g/mol. The first-order valence-corrected chi connectivity index (χ1v) is 6.88. The maximum atomic E-state index is 5.39. The van der Waals surface area contributed by atoms with Crippen LogP contribution in [0.15, 0.2) is 16.7 Å². The highest BCUT2D eigenvalue weighted by molar-refractivity contribution is 9.10. The fraction of sp³-hybridized carbons (Fsp3) is 0.500. The molecule has 18 heavy (non-hydrogen) atoms. The number of halogens is 1. The van der Waals surface area contributed by atoms with Gasteiger partial charge in [0.2, 0.25) is 5.88 Å². The number of aromatic nitrogens is 3. The van der Waals surface area contributed by atoms with Crippen LogP contribution < -0.4 is 10.1 Å². The number of hydrogen-bond acceptors (Lipinski definition) is 4. The molecule has 96 valence electrons. The highest BCUT2D eigenvalue weighted by Gasteiger charge is 2.19. The van der Waals surface area contributed by atoms with Crippen LogP contribution in [0.4, 0.5) is 0 Å². The largest absolute Gasteiger partial charge is 0.481 e. The van der Waals surface area contributed by atoms with Crippen molar-refractivity contribution < 1.29 is 4.74 Å².